The highest BCUT2D eigenvalue weighted by Crippen LogP contribution is 2.23. The number of hydrogen-bond acceptors (Lipinski definition) is 7. The Balaban J connectivity index is 1.39. The van der Waals surface area contributed by atoms with E-state index in [0.29, 0.717) is 25.3 Å². The molecule has 2 N–H and O–H groups in total. The van der Waals surface area contributed by atoms with Crippen molar-refractivity contribution in [1.29, 1.82) is 0 Å². The summed E-state index contributed by atoms with van der Waals surface area (Å²) in [6, 6.07) is 21.3. The highest BCUT2D eigenvalue weighted by Gasteiger charge is 2.15. The molecule has 4 rings (SSSR count). The first-order valence-electron chi connectivity index (χ1n) is 10.5. The lowest BCUT2D eigenvalue weighted by Crippen LogP contribution is -2.22. The van der Waals surface area contributed by atoms with Gasteiger partial charge in [0.05, 0.1) is 26.5 Å². The number of rotatable bonds is 11. The van der Waals surface area contributed by atoms with E-state index in [2.05, 4.69) is 20.8 Å². The average Bonchev–Trinajstić information content (AvgIpc) is 3.52. The van der Waals surface area contributed by atoms with Crippen molar-refractivity contribution in [2.75, 3.05) is 18.2 Å². The van der Waals surface area contributed by atoms with E-state index in [-0.39, 0.29) is 5.91 Å². The number of hydrogen-bond donors (Lipinski definition) is 2. The molecule has 0 atom stereocenters. The third kappa shape index (κ3) is 6.17. The summed E-state index contributed by atoms with van der Waals surface area (Å²) in [6.45, 7) is 0.885. The molecule has 4 aromatic rings. The molecule has 1 amide bonds. The molecule has 8 nitrogen and oxygen atoms in total. The van der Waals surface area contributed by atoms with E-state index in [1.807, 2.05) is 65.2 Å². The Kier molecular flexibility index (Phi) is 7.65. The van der Waals surface area contributed by atoms with E-state index in [1.165, 1.54) is 11.8 Å². The smallest absolute Gasteiger partial charge is 0.221 e. The van der Waals surface area contributed by atoms with Crippen molar-refractivity contribution in [1.82, 2.24) is 20.1 Å². The molecule has 33 heavy (non-hydrogen) atoms. The van der Waals surface area contributed by atoms with Crippen molar-refractivity contribution in [3.8, 4) is 11.4 Å². The standard InChI is InChI=1S/C24H25N5O3S/c1-31-20-11-9-18(10-12-20)25-17-22-27-28-24(29(22)19-6-3-2-4-7-19)33-15-13-23(30)26-16-21-8-5-14-32-21/h2-12,14,25H,13,15-17H2,1H3,(H,26,30). The van der Waals surface area contributed by atoms with Gasteiger partial charge < -0.3 is 19.8 Å². The van der Waals surface area contributed by atoms with Crippen molar-refractivity contribution < 1.29 is 13.9 Å². The van der Waals surface area contributed by atoms with Gasteiger partial charge in [0.1, 0.15) is 11.5 Å². The van der Waals surface area contributed by atoms with Gasteiger partial charge in [-0.3, -0.25) is 9.36 Å². The first kappa shape index (κ1) is 22.5. The van der Waals surface area contributed by atoms with Crippen LogP contribution in [0.2, 0.25) is 0 Å². The maximum atomic E-state index is 12.2. The van der Waals surface area contributed by atoms with Gasteiger partial charge in [0.15, 0.2) is 11.0 Å². The Morgan fingerprint density at radius 2 is 1.85 bits per heavy atom. The molecule has 9 heteroatoms. The molecule has 0 fully saturated rings. The van der Waals surface area contributed by atoms with Crippen molar-refractivity contribution in [2.45, 2.75) is 24.7 Å². The number of methoxy groups -OCH3 is 1. The van der Waals surface area contributed by atoms with Crippen molar-refractivity contribution in [2.24, 2.45) is 0 Å². The molecule has 0 spiro atoms. The summed E-state index contributed by atoms with van der Waals surface area (Å²) in [6.07, 6.45) is 1.96. The van der Waals surface area contributed by atoms with Crippen LogP contribution in [0.15, 0.2) is 82.6 Å². The van der Waals surface area contributed by atoms with Crippen LogP contribution < -0.4 is 15.4 Å². The number of ether oxygens (including phenoxy) is 1. The molecule has 0 saturated heterocycles. The molecule has 170 valence electrons. The predicted octanol–water partition coefficient (Wildman–Crippen LogP) is 4.28. The number of anilines is 1. The minimum atomic E-state index is -0.0360. The molecular formula is C24H25N5O3S. The third-order valence-electron chi connectivity index (χ3n) is 4.86. The SMILES string of the molecule is COc1ccc(NCc2nnc(SCCC(=O)NCc3ccco3)n2-c2ccccc2)cc1. The van der Waals surface area contributed by atoms with E-state index in [0.717, 1.165) is 33.9 Å². The van der Waals surface area contributed by atoms with Gasteiger partial charge in [-0.1, -0.05) is 30.0 Å². The summed E-state index contributed by atoms with van der Waals surface area (Å²) in [5, 5.41) is 15.8. The van der Waals surface area contributed by atoms with E-state index >= 15 is 0 Å². The van der Waals surface area contributed by atoms with Crippen LogP contribution in [0.3, 0.4) is 0 Å². The summed E-state index contributed by atoms with van der Waals surface area (Å²) >= 11 is 1.50. The molecule has 2 aromatic carbocycles. The lowest BCUT2D eigenvalue weighted by Gasteiger charge is -2.11. The molecule has 0 bridgehead atoms. The largest absolute Gasteiger partial charge is 0.497 e. The second-order valence-corrected chi connectivity index (χ2v) is 8.17. The number of aromatic nitrogens is 3. The summed E-state index contributed by atoms with van der Waals surface area (Å²) in [7, 11) is 1.65. The van der Waals surface area contributed by atoms with E-state index < -0.39 is 0 Å². The number of carbonyl (C=O) groups excluding carboxylic acids is 1. The van der Waals surface area contributed by atoms with Crippen LogP contribution >= 0.6 is 11.8 Å². The van der Waals surface area contributed by atoms with Crippen LogP contribution in [0.25, 0.3) is 5.69 Å². The molecule has 0 aliphatic heterocycles. The topological polar surface area (TPSA) is 94.2 Å². The van der Waals surface area contributed by atoms with Gasteiger partial charge in [0.25, 0.3) is 0 Å². The van der Waals surface area contributed by atoms with Crippen LogP contribution in [0.5, 0.6) is 5.75 Å². The first-order chi connectivity index (χ1) is 16.2. The van der Waals surface area contributed by atoms with Crippen LogP contribution in [-0.2, 0) is 17.9 Å². The number of para-hydroxylation sites is 1. The zero-order valence-electron chi connectivity index (χ0n) is 18.2. The Hall–Kier alpha value is -3.72. The number of benzene rings is 2. The summed E-state index contributed by atoms with van der Waals surface area (Å²) in [4.78, 5) is 12.2. The summed E-state index contributed by atoms with van der Waals surface area (Å²) < 4.78 is 12.5. The fourth-order valence-corrected chi connectivity index (χ4v) is 4.07. The second-order valence-electron chi connectivity index (χ2n) is 7.11. The number of thioether (sulfide) groups is 1. The first-order valence-corrected chi connectivity index (χ1v) is 11.5. The van der Waals surface area contributed by atoms with Crippen LogP contribution in [0.4, 0.5) is 5.69 Å². The molecular weight excluding hydrogens is 438 g/mol. The van der Waals surface area contributed by atoms with E-state index in [1.54, 1.807) is 19.4 Å². The Bertz CT molecular complexity index is 1140. The normalized spacial score (nSPS) is 10.7. The zero-order valence-corrected chi connectivity index (χ0v) is 19.0. The molecule has 0 aliphatic carbocycles. The number of amides is 1. The number of nitrogens with one attached hydrogen (secondary N) is 2. The van der Waals surface area contributed by atoms with Crippen molar-refractivity contribution in [3.05, 3.63) is 84.6 Å². The number of furan rings is 1. The summed E-state index contributed by atoms with van der Waals surface area (Å²) in [5.41, 5.74) is 1.93. The van der Waals surface area contributed by atoms with Gasteiger partial charge in [-0.15, -0.1) is 10.2 Å². The van der Waals surface area contributed by atoms with Gasteiger partial charge in [-0.05, 0) is 48.5 Å². The maximum absolute atomic E-state index is 12.2. The van der Waals surface area contributed by atoms with Gasteiger partial charge in [-0.25, -0.2) is 0 Å². The van der Waals surface area contributed by atoms with Gasteiger partial charge in [0, 0.05) is 23.5 Å². The molecule has 0 saturated carbocycles. The van der Waals surface area contributed by atoms with Gasteiger partial charge in [-0.2, -0.15) is 0 Å². The van der Waals surface area contributed by atoms with Gasteiger partial charge >= 0.3 is 0 Å². The zero-order chi connectivity index (χ0) is 22.9. The lowest BCUT2D eigenvalue weighted by atomic mass is 10.3. The molecule has 0 aliphatic rings. The quantitative estimate of drug-likeness (QED) is 0.321. The monoisotopic (exact) mass is 463 g/mol. The Morgan fingerprint density at radius 3 is 2.58 bits per heavy atom. The minimum Gasteiger partial charge on any atom is -0.497 e. The fourth-order valence-electron chi connectivity index (χ4n) is 3.16. The van der Waals surface area contributed by atoms with Crippen LogP contribution in [0.1, 0.15) is 18.0 Å². The Labute approximate surface area is 196 Å². The van der Waals surface area contributed by atoms with E-state index in [9.17, 15) is 4.79 Å². The molecule has 0 unspecified atom stereocenters. The molecule has 0 radical (unpaired) electrons. The van der Waals surface area contributed by atoms with Crippen LogP contribution in [0, 0.1) is 0 Å². The van der Waals surface area contributed by atoms with Crippen molar-refractivity contribution in [3.63, 3.8) is 0 Å². The number of nitrogens with zero attached hydrogens (tertiary/aromatic N) is 3. The highest BCUT2D eigenvalue weighted by molar-refractivity contribution is 7.99. The predicted molar refractivity (Wildman–Crippen MR) is 128 cm³/mol. The second kappa shape index (κ2) is 11.2. The van der Waals surface area contributed by atoms with E-state index in [4.69, 9.17) is 9.15 Å². The van der Waals surface area contributed by atoms with Crippen LogP contribution in [-0.4, -0.2) is 33.5 Å². The third-order valence-corrected chi connectivity index (χ3v) is 5.79. The van der Waals surface area contributed by atoms with Gasteiger partial charge in [0.2, 0.25) is 5.91 Å². The highest BCUT2D eigenvalue weighted by atomic mass is 32.2. The molecule has 2 heterocycles. The Morgan fingerprint density at radius 1 is 1.03 bits per heavy atom. The number of carbonyl (C=O) groups is 1. The lowest BCUT2D eigenvalue weighted by molar-refractivity contribution is -0.120. The van der Waals surface area contributed by atoms with Crippen molar-refractivity contribution >= 4 is 23.4 Å². The maximum Gasteiger partial charge on any atom is 0.221 e. The minimum absolute atomic E-state index is 0.0360. The molecule has 2 aromatic heterocycles. The summed E-state index contributed by atoms with van der Waals surface area (Å²) in [5.74, 6) is 2.86. The average molecular weight is 464 g/mol. The fraction of sp³-hybridized carbons (Fsp3) is 0.208.